The summed E-state index contributed by atoms with van der Waals surface area (Å²) in [6.45, 7) is 1.57. The molecule has 0 fully saturated rings. The number of hydrogen-bond acceptors (Lipinski definition) is 5. The summed E-state index contributed by atoms with van der Waals surface area (Å²) in [7, 11) is 1.57. The molecule has 138 valence electrons. The van der Waals surface area contributed by atoms with Gasteiger partial charge < -0.3 is 15.8 Å². The van der Waals surface area contributed by atoms with E-state index in [4.69, 9.17) is 10.5 Å². The number of nitrogen functional groups attached to an aromatic ring is 1. The summed E-state index contributed by atoms with van der Waals surface area (Å²) in [6.07, 6.45) is 1.21. The summed E-state index contributed by atoms with van der Waals surface area (Å²) in [5, 5.41) is 12.0. The highest BCUT2D eigenvalue weighted by Crippen LogP contribution is 2.19. The number of anilines is 2. The van der Waals surface area contributed by atoms with E-state index in [1.165, 1.54) is 18.0 Å². The van der Waals surface area contributed by atoms with Crippen molar-refractivity contribution in [3.63, 3.8) is 0 Å². The monoisotopic (exact) mass is 364 g/mol. The molecule has 0 aliphatic heterocycles. The summed E-state index contributed by atoms with van der Waals surface area (Å²) in [5.41, 5.74) is 7.33. The van der Waals surface area contributed by atoms with Gasteiger partial charge in [0.15, 0.2) is 0 Å². The largest absolute Gasteiger partial charge is 0.497 e. The van der Waals surface area contributed by atoms with Crippen molar-refractivity contribution in [2.75, 3.05) is 17.7 Å². The summed E-state index contributed by atoms with van der Waals surface area (Å²) >= 11 is 0. The summed E-state index contributed by atoms with van der Waals surface area (Å²) in [5.74, 6) is -0.221. The Bertz CT molecular complexity index is 898. The van der Waals surface area contributed by atoms with Gasteiger partial charge in [-0.3, -0.25) is 14.5 Å². The van der Waals surface area contributed by atoms with E-state index in [1.54, 1.807) is 43.5 Å². The molecule has 2 rings (SSSR count). The Balaban J connectivity index is 2.15. The molecule has 2 aromatic carbocycles. The minimum Gasteiger partial charge on any atom is -0.497 e. The molecule has 2 aromatic rings. The highest BCUT2D eigenvalue weighted by atomic mass is 16.5. The molecular formula is C20H20N4O3. The third kappa shape index (κ3) is 5.34. The summed E-state index contributed by atoms with van der Waals surface area (Å²) in [6, 6.07) is 15.6. The molecule has 7 heteroatoms. The third-order valence-corrected chi connectivity index (χ3v) is 3.72. The number of ether oxygens (including phenoxy) is 1. The van der Waals surface area contributed by atoms with E-state index in [0.717, 1.165) is 5.56 Å². The number of nitrogens with one attached hydrogen (secondary N) is 1. The van der Waals surface area contributed by atoms with Crippen LogP contribution in [0.15, 0.2) is 60.3 Å². The van der Waals surface area contributed by atoms with Crippen LogP contribution in [0.3, 0.4) is 0 Å². The van der Waals surface area contributed by atoms with Gasteiger partial charge >= 0.3 is 0 Å². The van der Waals surface area contributed by atoms with Crippen LogP contribution in [-0.4, -0.2) is 18.9 Å². The number of carbonyl (C=O) groups is 2. The number of nitrogens with zero attached hydrogens (tertiary/aromatic N) is 2. The smallest absolute Gasteiger partial charge is 0.263 e. The van der Waals surface area contributed by atoms with Crippen LogP contribution in [0, 0.1) is 11.3 Å². The molecule has 2 amide bonds. The Labute approximate surface area is 157 Å². The van der Waals surface area contributed by atoms with E-state index in [9.17, 15) is 14.9 Å². The van der Waals surface area contributed by atoms with Crippen molar-refractivity contribution >= 4 is 23.2 Å². The highest BCUT2D eigenvalue weighted by molar-refractivity contribution is 6.01. The zero-order chi connectivity index (χ0) is 19.8. The standard InChI is InChI=1S/C20H20N4O3/c1-14(25)24(18-5-3-4-17(22)10-18)13-16(11-21)20(26)23-12-15-6-8-19(27-2)9-7-15/h3-10,13H,12,22H2,1-2H3,(H,23,26)/b16-13-. The number of amides is 2. The first-order valence-electron chi connectivity index (χ1n) is 8.13. The second-order valence-electron chi connectivity index (χ2n) is 5.67. The van der Waals surface area contributed by atoms with Crippen molar-refractivity contribution < 1.29 is 14.3 Å². The van der Waals surface area contributed by atoms with Crippen molar-refractivity contribution in [1.29, 1.82) is 5.26 Å². The van der Waals surface area contributed by atoms with Gasteiger partial charge in [0.05, 0.1) is 12.8 Å². The predicted octanol–water partition coefficient (Wildman–Crippen LogP) is 2.35. The molecule has 7 nitrogen and oxygen atoms in total. The second-order valence-corrected chi connectivity index (χ2v) is 5.67. The second kappa shape index (κ2) is 9.06. The minimum atomic E-state index is -0.580. The maximum Gasteiger partial charge on any atom is 0.263 e. The molecule has 0 radical (unpaired) electrons. The van der Waals surface area contributed by atoms with E-state index >= 15 is 0 Å². The van der Waals surface area contributed by atoms with E-state index in [0.29, 0.717) is 17.1 Å². The van der Waals surface area contributed by atoms with Gasteiger partial charge in [-0.15, -0.1) is 0 Å². The molecular weight excluding hydrogens is 344 g/mol. The zero-order valence-corrected chi connectivity index (χ0v) is 15.1. The highest BCUT2D eigenvalue weighted by Gasteiger charge is 2.15. The van der Waals surface area contributed by atoms with Gasteiger partial charge in [0.25, 0.3) is 5.91 Å². The first-order chi connectivity index (χ1) is 12.9. The van der Waals surface area contributed by atoms with Gasteiger partial charge in [0, 0.05) is 25.4 Å². The van der Waals surface area contributed by atoms with Crippen LogP contribution in [0.1, 0.15) is 12.5 Å². The number of hydrogen-bond donors (Lipinski definition) is 2. The number of nitriles is 1. The van der Waals surface area contributed by atoms with Gasteiger partial charge in [-0.05, 0) is 35.9 Å². The quantitative estimate of drug-likeness (QED) is 0.465. The molecule has 0 atom stereocenters. The van der Waals surface area contributed by atoms with Gasteiger partial charge in [-0.2, -0.15) is 5.26 Å². The maximum absolute atomic E-state index is 12.3. The lowest BCUT2D eigenvalue weighted by atomic mass is 10.2. The molecule has 27 heavy (non-hydrogen) atoms. The van der Waals surface area contributed by atoms with Crippen molar-refractivity contribution in [3.8, 4) is 11.8 Å². The number of methoxy groups -OCH3 is 1. The van der Waals surface area contributed by atoms with Crippen LogP contribution >= 0.6 is 0 Å². The molecule has 0 aliphatic rings. The molecule has 3 N–H and O–H groups in total. The minimum absolute atomic E-state index is 0.193. The van der Waals surface area contributed by atoms with Crippen LogP contribution < -0.4 is 20.7 Å². The van der Waals surface area contributed by atoms with Gasteiger partial charge in [0.1, 0.15) is 17.4 Å². The lowest BCUT2D eigenvalue weighted by molar-refractivity contribution is -0.117. The molecule has 0 bridgehead atoms. The van der Waals surface area contributed by atoms with E-state index in [2.05, 4.69) is 5.32 Å². The number of benzene rings is 2. The first-order valence-corrected chi connectivity index (χ1v) is 8.13. The molecule has 0 saturated heterocycles. The Morgan fingerprint density at radius 3 is 2.52 bits per heavy atom. The molecule has 0 aliphatic carbocycles. The van der Waals surface area contributed by atoms with Crippen molar-refractivity contribution in [2.24, 2.45) is 0 Å². The van der Waals surface area contributed by atoms with Gasteiger partial charge in [0.2, 0.25) is 5.91 Å². The summed E-state index contributed by atoms with van der Waals surface area (Å²) < 4.78 is 5.08. The molecule has 0 unspecified atom stereocenters. The maximum atomic E-state index is 12.3. The van der Waals surface area contributed by atoms with Crippen LogP contribution in [0.5, 0.6) is 5.75 Å². The SMILES string of the molecule is COc1ccc(CNC(=O)/C(C#N)=C\N(C(C)=O)c2cccc(N)c2)cc1. The first kappa shape index (κ1) is 19.5. The van der Waals surface area contributed by atoms with Crippen molar-refractivity contribution in [1.82, 2.24) is 5.32 Å². The van der Waals surface area contributed by atoms with Crippen molar-refractivity contribution in [3.05, 3.63) is 65.9 Å². The fourth-order valence-electron chi connectivity index (χ4n) is 2.31. The molecule has 0 heterocycles. The van der Waals surface area contributed by atoms with Crippen LogP contribution in [0.4, 0.5) is 11.4 Å². The molecule has 0 spiro atoms. The van der Waals surface area contributed by atoms with E-state index < -0.39 is 5.91 Å². The number of nitrogens with two attached hydrogens (primary N) is 1. The normalized spacial score (nSPS) is 10.6. The van der Waals surface area contributed by atoms with E-state index in [-0.39, 0.29) is 18.0 Å². The van der Waals surface area contributed by atoms with E-state index in [1.807, 2.05) is 18.2 Å². The zero-order valence-electron chi connectivity index (χ0n) is 15.1. The fraction of sp³-hybridized carbons (Fsp3) is 0.150. The van der Waals surface area contributed by atoms with Crippen LogP contribution in [-0.2, 0) is 16.1 Å². The Hall–Kier alpha value is -3.79. The van der Waals surface area contributed by atoms with Crippen LogP contribution in [0.2, 0.25) is 0 Å². The Morgan fingerprint density at radius 1 is 1.26 bits per heavy atom. The lowest BCUT2D eigenvalue weighted by Crippen LogP contribution is -2.28. The Kier molecular flexibility index (Phi) is 6.55. The molecule has 0 aromatic heterocycles. The topological polar surface area (TPSA) is 108 Å². The fourth-order valence-corrected chi connectivity index (χ4v) is 2.31. The van der Waals surface area contributed by atoms with Crippen LogP contribution in [0.25, 0.3) is 0 Å². The van der Waals surface area contributed by atoms with Gasteiger partial charge in [-0.25, -0.2) is 0 Å². The number of carbonyl (C=O) groups excluding carboxylic acids is 2. The molecule has 0 saturated carbocycles. The van der Waals surface area contributed by atoms with Crippen molar-refractivity contribution in [2.45, 2.75) is 13.5 Å². The average molecular weight is 364 g/mol. The lowest BCUT2D eigenvalue weighted by Gasteiger charge is -2.17. The summed E-state index contributed by atoms with van der Waals surface area (Å²) in [4.78, 5) is 25.5. The van der Waals surface area contributed by atoms with Gasteiger partial charge in [-0.1, -0.05) is 18.2 Å². The average Bonchev–Trinajstić information content (AvgIpc) is 2.67. The number of rotatable bonds is 6. The predicted molar refractivity (Wildman–Crippen MR) is 103 cm³/mol. The Morgan fingerprint density at radius 2 is 1.96 bits per heavy atom. The third-order valence-electron chi connectivity index (χ3n) is 3.72.